The van der Waals surface area contributed by atoms with Crippen LogP contribution >= 0.6 is 11.3 Å². The maximum absolute atomic E-state index is 11.8. The van der Waals surface area contributed by atoms with Crippen LogP contribution in [0, 0.1) is 5.41 Å². The van der Waals surface area contributed by atoms with Gasteiger partial charge in [-0.25, -0.2) is 4.98 Å². The first-order valence-electron chi connectivity index (χ1n) is 6.93. The molecule has 1 saturated carbocycles. The number of rotatable bonds is 6. The zero-order chi connectivity index (χ0) is 14.0. The number of para-hydroxylation sites is 1. The summed E-state index contributed by atoms with van der Waals surface area (Å²) in [6.07, 6.45) is 3.17. The Balaban J connectivity index is 1.50. The van der Waals surface area contributed by atoms with Crippen molar-refractivity contribution in [1.29, 1.82) is 0 Å². The van der Waals surface area contributed by atoms with E-state index in [-0.39, 0.29) is 17.9 Å². The van der Waals surface area contributed by atoms with Crippen molar-refractivity contribution in [2.75, 3.05) is 13.2 Å². The van der Waals surface area contributed by atoms with Gasteiger partial charge in [0.1, 0.15) is 0 Å². The number of hydrogen-bond acceptors (Lipinski definition) is 4. The number of nitrogens with one attached hydrogen (secondary N) is 1. The molecule has 106 valence electrons. The number of hydrogen-bond donors (Lipinski definition) is 2. The van der Waals surface area contributed by atoms with Gasteiger partial charge in [0.25, 0.3) is 0 Å². The second-order valence-corrected chi connectivity index (χ2v) is 6.63. The van der Waals surface area contributed by atoms with Crippen molar-refractivity contribution in [3.8, 4) is 0 Å². The molecule has 0 aliphatic heterocycles. The lowest BCUT2D eigenvalue weighted by Gasteiger charge is -2.12. The lowest BCUT2D eigenvalue weighted by Crippen LogP contribution is -2.31. The molecule has 0 saturated heterocycles. The van der Waals surface area contributed by atoms with Gasteiger partial charge in [-0.3, -0.25) is 4.79 Å². The molecule has 1 aromatic heterocycles. The average molecular weight is 290 g/mol. The van der Waals surface area contributed by atoms with E-state index in [1.165, 1.54) is 4.70 Å². The molecule has 0 unspecified atom stereocenters. The molecule has 0 atom stereocenters. The lowest BCUT2D eigenvalue weighted by molar-refractivity contribution is -0.121. The Morgan fingerprint density at radius 3 is 2.90 bits per heavy atom. The molecule has 1 fully saturated rings. The zero-order valence-corrected chi connectivity index (χ0v) is 12.1. The van der Waals surface area contributed by atoms with Gasteiger partial charge in [0.2, 0.25) is 5.91 Å². The first kappa shape index (κ1) is 13.5. The van der Waals surface area contributed by atoms with Crippen LogP contribution in [-0.2, 0) is 11.2 Å². The van der Waals surface area contributed by atoms with Crippen LogP contribution in [0.25, 0.3) is 10.2 Å². The molecular formula is C15H18N2O2S. The summed E-state index contributed by atoms with van der Waals surface area (Å²) < 4.78 is 1.17. The van der Waals surface area contributed by atoms with E-state index in [1.54, 1.807) is 11.3 Å². The maximum Gasteiger partial charge on any atom is 0.220 e. The summed E-state index contributed by atoms with van der Waals surface area (Å²) in [7, 11) is 0. The van der Waals surface area contributed by atoms with Crippen molar-refractivity contribution in [2.24, 2.45) is 5.41 Å². The van der Waals surface area contributed by atoms with Crippen LogP contribution in [0.15, 0.2) is 24.3 Å². The molecule has 3 rings (SSSR count). The Bertz CT molecular complexity index is 586. The Labute approximate surface area is 121 Å². The molecule has 1 aliphatic carbocycles. The predicted octanol–water partition coefficient (Wildman–Crippen LogP) is 2.12. The van der Waals surface area contributed by atoms with Gasteiger partial charge in [-0.1, -0.05) is 12.1 Å². The van der Waals surface area contributed by atoms with E-state index in [0.29, 0.717) is 19.4 Å². The van der Waals surface area contributed by atoms with E-state index in [1.807, 2.05) is 18.2 Å². The molecule has 20 heavy (non-hydrogen) atoms. The minimum atomic E-state index is -0.0223. The average Bonchev–Trinajstić information content (AvgIpc) is 3.14. The van der Waals surface area contributed by atoms with Crippen LogP contribution < -0.4 is 5.32 Å². The highest BCUT2D eigenvalue weighted by Crippen LogP contribution is 2.44. The summed E-state index contributed by atoms with van der Waals surface area (Å²) in [4.78, 5) is 16.3. The number of carbonyl (C=O) groups is 1. The van der Waals surface area contributed by atoms with Crippen LogP contribution in [0.5, 0.6) is 0 Å². The van der Waals surface area contributed by atoms with Crippen molar-refractivity contribution in [1.82, 2.24) is 10.3 Å². The Hall–Kier alpha value is -1.46. The number of fused-ring (bicyclic) bond motifs is 1. The van der Waals surface area contributed by atoms with Gasteiger partial charge < -0.3 is 10.4 Å². The standard InChI is InChI=1S/C15H18N2O2S/c18-10-15(7-8-15)9-16-13(19)5-6-14-17-11-3-1-2-4-12(11)20-14/h1-4,18H,5-10H2,(H,16,19). The third kappa shape index (κ3) is 2.99. The van der Waals surface area contributed by atoms with Crippen molar-refractivity contribution in [3.05, 3.63) is 29.3 Å². The maximum atomic E-state index is 11.8. The van der Waals surface area contributed by atoms with Gasteiger partial charge in [-0.15, -0.1) is 11.3 Å². The van der Waals surface area contributed by atoms with Gasteiger partial charge in [-0.05, 0) is 25.0 Å². The first-order chi connectivity index (χ1) is 9.71. The number of carbonyl (C=O) groups excluding carboxylic acids is 1. The lowest BCUT2D eigenvalue weighted by atomic mass is 10.1. The molecule has 0 bridgehead atoms. The van der Waals surface area contributed by atoms with E-state index in [9.17, 15) is 9.90 Å². The van der Waals surface area contributed by atoms with Crippen LogP contribution in [0.2, 0.25) is 0 Å². The van der Waals surface area contributed by atoms with E-state index in [2.05, 4.69) is 16.4 Å². The van der Waals surface area contributed by atoms with Crippen molar-refractivity contribution in [3.63, 3.8) is 0 Å². The number of nitrogens with zero attached hydrogens (tertiary/aromatic N) is 1. The normalized spacial score (nSPS) is 16.2. The minimum Gasteiger partial charge on any atom is -0.396 e. The van der Waals surface area contributed by atoms with Gasteiger partial charge in [0, 0.05) is 24.8 Å². The van der Waals surface area contributed by atoms with E-state index in [4.69, 9.17) is 0 Å². The highest BCUT2D eigenvalue weighted by Gasteiger charge is 2.41. The fourth-order valence-electron chi connectivity index (χ4n) is 2.19. The summed E-state index contributed by atoms with van der Waals surface area (Å²) in [5.41, 5.74) is 0.982. The molecule has 4 nitrogen and oxygen atoms in total. The first-order valence-corrected chi connectivity index (χ1v) is 7.74. The van der Waals surface area contributed by atoms with Crippen molar-refractivity contribution in [2.45, 2.75) is 25.7 Å². The third-order valence-corrected chi connectivity index (χ3v) is 4.95. The van der Waals surface area contributed by atoms with Gasteiger partial charge in [0.05, 0.1) is 21.8 Å². The highest BCUT2D eigenvalue weighted by atomic mass is 32.1. The van der Waals surface area contributed by atoms with Crippen molar-refractivity contribution < 1.29 is 9.90 Å². The molecule has 1 aromatic carbocycles. The van der Waals surface area contributed by atoms with Gasteiger partial charge >= 0.3 is 0 Å². The summed E-state index contributed by atoms with van der Waals surface area (Å²) in [6, 6.07) is 8.02. The molecule has 2 aromatic rings. The van der Waals surface area contributed by atoms with Gasteiger partial charge in [-0.2, -0.15) is 0 Å². The molecule has 0 radical (unpaired) electrons. The van der Waals surface area contributed by atoms with E-state index < -0.39 is 0 Å². The Morgan fingerprint density at radius 2 is 2.20 bits per heavy atom. The second-order valence-electron chi connectivity index (χ2n) is 5.51. The summed E-state index contributed by atoms with van der Waals surface area (Å²) >= 11 is 1.65. The molecule has 1 heterocycles. The number of aromatic nitrogens is 1. The van der Waals surface area contributed by atoms with Crippen LogP contribution in [-0.4, -0.2) is 29.1 Å². The van der Waals surface area contributed by atoms with Crippen LogP contribution in [0.3, 0.4) is 0 Å². The van der Waals surface area contributed by atoms with Gasteiger partial charge in [0.15, 0.2) is 0 Å². The smallest absolute Gasteiger partial charge is 0.220 e. The number of aryl methyl sites for hydroxylation is 1. The predicted molar refractivity (Wildman–Crippen MR) is 79.7 cm³/mol. The Morgan fingerprint density at radius 1 is 1.40 bits per heavy atom. The number of amides is 1. The van der Waals surface area contributed by atoms with E-state index >= 15 is 0 Å². The molecular weight excluding hydrogens is 272 g/mol. The number of thiazole rings is 1. The summed E-state index contributed by atoms with van der Waals surface area (Å²) in [6.45, 7) is 0.771. The third-order valence-electron chi connectivity index (χ3n) is 3.86. The molecule has 1 amide bonds. The fraction of sp³-hybridized carbons (Fsp3) is 0.467. The number of aliphatic hydroxyl groups is 1. The fourth-order valence-corrected chi connectivity index (χ4v) is 3.16. The molecule has 2 N–H and O–H groups in total. The van der Waals surface area contributed by atoms with Crippen LogP contribution in [0.1, 0.15) is 24.3 Å². The summed E-state index contributed by atoms with van der Waals surface area (Å²) in [5.74, 6) is 0.0454. The molecule has 1 aliphatic rings. The SMILES string of the molecule is O=C(CCc1nc2ccccc2s1)NCC1(CO)CC1. The number of benzene rings is 1. The quantitative estimate of drug-likeness (QED) is 0.856. The second kappa shape index (κ2) is 5.50. The Kier molecular flexibility index (Phi) is 3.72. The molecule has 0 spiro atoms. The van der Waals surface area contributed by atoms with E-state index in [0.717, 1.165) is 23.4 Å². The monoisotopic (exact) mass is 290 g/mol. The van der Waals surface area contributed by atoms with Crippen molar-refractivity contribution >= 4 is 27.5 Å². The minimum absolute atomic E-state index is 0.0223. The zero-order valence-electron chi connectivity index (χ0n) is 11.3. The largest absolute Gasteiger partial charge is 0.396 e. The topological polar surface area (TPSA) is 62.2 Å². The summed E-state index contributed by atoms with van der Waals surface area (Å²) in [5, 5.41) is 13.1. The molecule has 5 heteroatoms. The van der Waals surface area contributed by atoms with Crippen LogP contribution in [0.4, 0.5) is 0 Å². The number of aliphatic hydroxyl groups excluding tert-OH is 1. The highest BCUT2D eigenvalue weighted by molar-refractivity contribution is 7.18.